The van der Waals surface area contributed by atoms with Gasteiger partial charge in [0.25, 0.3) is 0 Å². The standard InChI is InChI=1S/C15H26N4O2S/c1-3-4-5-18-6-7-19(8-13-12(2)16-11-17-13)15-10-22(20,21)9-14(15)18/h11,14-15H,3-10H2,1-2H3,(H,16,17)/t14-,15+/m0/s1. The lowest BCUT2D eigenvalue weighted by molar-refractivity contribution is 0.0389. The predicted molar refractivity (Wildman–Crippen MR) is 86.4 cm³/mol. The van der Waals surface area contributed by atoms with Gasteiger partial charge in [-0.15, -0.1) is 0 Å². The maximum absolute atomic E-state index is 12.2. The molecular formula is C15H26N4O2S. The van der Waals surface area contributed by atoms with Crippen molar-refractivity contribution in [3.05, 3.63) is 17.7 Å². The first-order chi connectivity index (χ1) is 10.5. The number of nitrogens with one attached hydrogen (secondary N) is 1. The third-order valence-corrected chi connectivity index (χ3v) is 6.69. The van der Waals surface area contributed by atoms with Crippen molar-refractivity contribution >= 4 is 9.84 Å². The number of unbranched alkanes of at least 4 members (excludes halogenated alkanes) is 1. The van der Waals surface area contributed by atoms with Crippen molar-refractivity contribution in [1.29, 1.82) is 0 Å². The molecule has 7 heteroatoms. The van der Waals surface area contributed by atoms with Gasteiger partial charge in [-0.2, -0.15) is 0 Å². The van der Waals surface area contributed by atoms with Crippen molar-refractivity contribution in [2.24, 2.45) is 0 Å². The average Bonchev–Trinajstić information content (AvgIpc) is 3.01. The van der Waals surface area contributed by atoms with Gasteiger partial charge in [0.05, 0.1) is 23.5 Å². The zero-order valence-corrected chi connectivity index (χ0v) is 14.3. The van der Waals surface area contributed by atoms with Crippen molar-refractivity contribution in [2.75, 3.05) is 31.1 Å². The molecule has 0 unspecified atom stereocenters. The SMILES string of the molecule is CCCCN1CCN(Cc2nc[nH]c2C)[C@@H]2CS(=O)(=O)C[C@@H]21. The molecule has 1 aromatic rings. The van der Waals surface area contributed by atoms with Gasteiger partial charge in [0, 0.05) is 37.4 Å². The number of nitrogens with zero attached hydrogens (tertiary/aromatic N) is 3. The minimum atomic E-state index is -2.92. The van der Waals surface area contributed by atoms with Crippen LogP contribution in [0.3, 0.4) is 0 Å². The van der Waals surface area contributed by atoms with Gasteiger partial charge < -0.3 is 4.98 Å². The molecule has 0 aliphatic carbocycles. The molecule has 3 rings (SSSR count). The molecule has 2 aliphatic heterocycles. The van der Waals surface area contributed by atoms with Crippen LogP contribution < -0.4 is 0 Å². The van der Waals surface area contributed by atoms with Crippen LogP contribution in [0.15, 0.2) is 6.33 Å². The normalized spacial score (nSPS) is 28.8. The van der Waals surface area contributed by atoms with Gasteiger partial charge in [-0.25, -0.2) is 13.4 Å². The third-order valence-electron chi connectivity index (χ3n) is 4.99. The number of H-pyrrole nitrogens is 1. The Bertz CT molecular complexity index is 613. The quantitative estimate of drug-likeness (QED) is 0.867. The molecule has 2 aliphatic rings. The molecule has 2 saturated heterocycles. The number of hydrogen-bond acceptors (Lipinski definition) is 5. The second-order valence-corrected chi connectivity index (χ2v) is 8.70. The van der Waals surface area contributed by atoms with Gasteiger partial charge in [-0.05, 0) is 19.9 Å². The summed E-state index contributed by atoms with van der Waals surface area (Å²) in [6.07, 6.45) is 4.00. The molecule has 0 radical (unpaired) electrons. The van der Waals surface area contributed by atoms with Gasteiger partial charge in [-0.3, -0.25) is 9.80 Å². The number of fused-ring (bicyclic) bond motifs is 1. The van der Waals surface area contributed by atoms with Crippen LogP contribution in [-0.4, -0.2) is 71.4 Å². The lowest BCUT2D eigenvalue weighted by Gasteiger charge is -2.43. The van der Waals surface area contributed by atoms with E-state index in [0.29, 0.717) is 11.5 Å². The van der Waals surface area contributed by atoms with E-state index in [2.05, 4.69) is 26.7 Å². The van der Waals surface area contributed by atoms with Crippen LogP contribution in [0.4, 0.5) is 0 Å². The summed E-state index contributed by atoms with van der Waals surface area (Å²) in [5, 5.41) is 0. The highest BCUT2D eigenvalue weighted by Crippen LogP contribution is 2.28. The molecular weight excluding hydrogens is 300 g/mol. The lowest BCUT2D eigenvalue weighted by Crippen LogP contribution is -2.58. The first-order valence-electron chi connectivity index (χ1n) is 8.17. The highest BCUT2D eigenvalue weighted by atomic mass is 32.2. The van der Waals surface area contributed by atoms with E-state index in [0.717, 1.165) is 50.4 Å². The molecule has 0 aromatic carbocycles. The van der Waals surface area contributed by atoms with E-state index in [9.17, 15) is 8.42 Å². The molecule has 2 atom stereocenters. The molecule has 22 heavy (non-hydrogen) atoms. The number of aromatic amines is 1. The van der Waals surface area contributed by atoms with E-state index in [1.54, 1.807) is 6.33 Å². The van der Waals surface area contributed by atoms with Gasteiger partial charge in [0.2, 0.25) is 0 Å². The van der Waals surface area contributed by atoms with Crippen LogP contribution in [0.25, 0.3) is 0 Å². The van der Waals surface area contributed by atoms with Gasteiger partial charge in [0.15, 0.2) is 9.84 Å². The van der Waals surface area contributed by atoms with Crippen molar-refractivity contribution in [3.8, 4) is 0 Å². The second-order valence-electron chi connectivity index (χ2n) is 6.55. The number of rotatable bonds is 5. The number of aromatic nitrogens is 2. The summed E-state index contributed by atoms with van der Waals surface area (Å²) < 4.78 is 24.3. The van der Waals surface area contributed by atoms with Crippen molar-refractivity contribution in [1.82, 2.24) is 19.8 Å². The van der Waals surface area contributed by atoms with Gasteiger partial charge in [-0.1, -0.05) is 13.3 Å². The largest absolute Gasteiger partial charge is 0.348 e. The van der Waals surface area contributed by atoms with E-state index in [-0.39, 0.29) is 12.1 Å². The molecule has 0 spiro atoms. The number of sulfone groups is 1. The number of imidazole rings is 1. The van der Waals surface area contributed by atoms with E-state index in [1.165, 1.54) is 0 Å². The Labute approximate surface area is 132 Å². The van der Waals surface area contributed by atoms with Crippen molar-refractivity contribution < 1.29 is 8.42 Å². The van der Waals surface area contributed by atoms with E-state index in [4.69, 9.17) is 0 Å². The van der Waals surface area contributed by atoms with Crippen LogP contribution in [0.1, 0.15) is 31.2 Å². The smallest absolute Gasteiger partial charge is 0.153 e. The fourth-order valence-electron chi connectivity index (χ4n) is 3.67. The highest BCUT2D eigenvalue weighted by Gasteiger charge is 2.46. The van der Waals surface area contributed by atoms with Crippen LogP contribution in [0.5, 0.6) is 0 Å². The van der Waals surface area contributed by atoms with Gasteiger partial charge in [0.1, 0.15) is 0 Å². The Kier molecular flexibility index (Phi) is 4.56. The monoisotopic (exact) mass is 326 g/mol. The van der Waals surface area contributed by atoms with Crippen LogP contribution in [0, 0.1) is 6.92 Å². The van der Waals surface area contributed by atoms with Crippen molar-refractivity contribution in [3.63, 3.8) is 0 Å². The number of piperazine rings is 1. The Balaban J connectivity index is 1.76. The zero-order valence-electron chi connectivity index (χ0n) is 13.5. The minimum absolute atomic E-state index is 0.117. The van der Waals surface area contributed by atoms with Crippen LogP contribution in [-0.2, 0) is 16.4 Å². The number of aryl methyl sites for hydroxylation is 1. The van der Waals surface area contributed by atoms with E-state index < -0.39 is 9.84 Å². The van der Waals surface area contributed by atoms with Crippen molar-refractivity contribution in [2.45, 2.75) is 45.3 Å². The molecule has 0 amide bonds. The molecule has 0 saturated carbocycles. The maximum Gasteiger partial charge on any atom is 0.153 e. The second kappa shape index (κ2) is 6.29. The van der Waals surface area contributed by atoms with Gasteiger partial charge >= 0.3 is 0 Å². The summed E-state index contributed by atoms with van der Waals surface area (Å²) in [5.74, 6) is 0.612. The minimum Gasteiger partial charge on any atom is -0.348 e. The molecule has 0 bridgehead atoms. The van der Waals surface area contributed by atoms with Crippen LogP contribution >= 0.6 is 0 Å². The summed E-state index contributed by atoms with van der Waals surface area (Å²) >= 11 is 0. The first-order valence-corrected chi connectivity index (χ1v) is 9.99. The lowest BCUT2D eigenvalue weighted by atomic mass is 10.0. The summed E-state index contributed by atoms with van der Waals surface area (Å²) in [6, 6.07) is 0.274. The Morgan fingerprint density at radius 3 is 2.59 bits per heavy atom. The fourth-order valence-corrected chi connectivity index (χ4v) is 5.71. The average molecular weight is 326 g/mol. The molecule has 2 fully saturated rings. The summed E-state index contributed by atoms with van der Waals surface area (Å²) in [5.41, 5.74) is 2.11. The number of hydrogen-bond donors (Lipinski definition) is 1. The summed E-state index contributed by atoms with van der Waals surface area (Å²) in [6.45, 7) is 7.84. The van der Waals surface area contributed by atoms with Crippen LogP contribution in [0.2, 0.25) is 0 Å². The molecule has 124 valence electrons. The Morgan fingerprint density at radius 2 is 1.95 bits per heavy atom. The van der Waals surface area contributed by atoms with E-state index in [1.807, 2.05) is 6.92 Å². The fraction of sp³-hybridized carbons (Fsp3) is 0.800. The summed E-state index contributed by atoms with van der Waals surface area (Å²) in [4.78, 5) is 12.2. The molecule has 1 aromatic heterocycles. The zero-order chi connectivity index (χ0) is 15.7. The third kappa shape index (κ3) is 3.21. The van der Waals surface area contributed by atoms with E-state index >= 15 is 0 Å². The predicted octanol–water partition coefficient (Wildman–Crippen LogP) is 0.801. The Morgan fingerprint density at radius 1 is 1.27 bits per heavy atom. The first kappa shape index (κ1) is 16.0. The maximum atomic E-state index is 12.2. The Hall–Kier alpha value is -0.920. The molecule has 3 heterocycles. The summed E-state index contributed by atoms with van der Waals surface area (Å²) in [7, 11) is -2.92. The highest BCUT2D eigenvalue weighted by molar-refractivity contribution is 7.91. The molecule has 1 N–H and O–H groups in total. The molecule has 6 nitrogen and oxygen atoms in total. The topological polar surface area (TPSA) is 69.3 Å².